The molecule has 2 rings (SSSR count). The normalized spacial score (nSPS) is 12.3. The molecular weight excluding hydrogens is 373 g/mol. The number of aliphatic hydroxyl groups is 1. The van der Waals surface area contributed by atoms with Crippen molar-refractivity contribution in [2.75, 3.05) is 11.9 Å². The molecule has 0 spiro atoms. The van der Waals surface area contributed by atoms with Crippen molar-refractivity contribution < 1.29 is 5.11 Å². The van der Waals surface area contributed by atoms with Gasteiger partial charge in [0.25, 0.3) is 0 Å². The van der Waals surface area contributed by atoms with Gasteiger partial charge in [0, 0.05) is 26.6 Å². The average Bonchev–Trinajstić information content (AvgIpc) is 2.40. The Bertz CT molecular complexity index is 638. The van der Waals surface area contributed by atoms with E-state index in [-0.39, 0.29) is 0 Å². The van der Waals surface area contributed by atoms with Crippen LogP contribution in [0.4, 0.5) is 5.69 Å². The summed E-state index contributed by atoms with van der Waals surface area (Å²) in [4.78, 5) is 0. The first kappa shape index (κ1) is 16.6. The predicted octanol–water partition coefficient (Wildman–Crippen LogP) is 5.52. The molecule has 5 heteroatoms. The third-order valence-electron chi connectivity index (χ3n) is 3.22. The molecule has 0 fully saturated rings. The fourth-order valence-corrected chi connectivity index (χ4v) is 3.46. The molecule has 0 saturated carbocycles. The Labute approximate surface area is 143 Å². The van der Waals surface area contributed by atoms with Crippen LogP contribution in [0.3, 0.4) is 0 Å². The molecule has 0 bridgehead atoms. The maximum Gasteiger partial charge on any atom is 0.0977 e. The van der Waals surface area contributed by atoms with Gasteiger partial charge in [-0.05, 0) is 65.2 Å². The zero-order valence-electron chi connectivity index (χ0n) is 11.8. The van der Waals surface area contributed by atoms with E-state index in [4.69, 9.17) is 23.2 Å². The summed E-state index contributed by atoms with van der Waals surface area (Å²) in [6, 6.07) is 9.21. The Morgan fingerprint density at radius 1 is 1.19 bits per heavy atom. The number of aliphatic hydroxyl groups excluding tert-OH is 1. The van der Waals surface area contributed by atoms with Crippen LogP contribution >= 0.6 is 39.1 Å². The standard InChI is InChI=1S/C16H16BrCl2NO/c1-9-5-10(2)16(13(17)6-9)20-8-15(21)12-7-11(18)3-4-14(12)19/h3-7,15,20-21H,8H2,1-2H3. The van der Waals surface area contributed by atoms with Crippen molar-refractivity contribution in [3.63, 3.8) is 0 Å². The number of hydrogen-bond acceptors (Lipinski definition) is 2. The molecule has 0 saturated heterocycles. The monoisotopic (exact) mass is 387 g/mol. The van der Waals surface area contributed by atoms with E-state index >= 15 is 0 Å². The van der Waals surface area contributed by atoms with Crippen LogP contribution < -0.4 is 5.32 Å². The summed E-state index contributed by atoms with van der Waals surface area (Å²) < 4.78 is 0.976. The van der Waals surface area contributed by atoms with Crippen molar-refractivity contribution in [2.45, 2.75) is 20.0 Å². The highest BCUT2D eigenvalue weighted by Gasteiger charge is 2.13. The van der Waals surface area contributed by atoms with E-state index in [0.717, 1.165) is 15.7 Å². The molecule has 21 heavy (non-hydrogen) atoms. The predicted molar refractivity (Wildman–Crippen MR) is 93.5 cm³/mol. The topological polar surface area (TPSA) is 32.3 Å². The number of halogens is 3. The summed E-state index contributed by atoms with van der Waals surface area (Å²) in [5.41, 5.74) is 3.89. The van der Waals surface area contributed by atoms with Crippen LogP contribution in [0.5, 0.6) is 0 Å². The van der Waals surface area contributed by atoms with Gasteiger partial charge in [0.05, 0.1) is 11.8 Å². The Kier molecular flexibility index (Phi) is 5.55. The van der Waals surface area contributed by atoms with Gasteiger partial charge in [0.15, 0.2) is 0 Å². The molecule has 0 radical (unpaired) electrons. The Morgan fingerprint density at radius 3 is 2.57 bits per heavy atom. The number of aryl methyl sites for hydroxylation is 2. The molecule has 2 N–H and O–H groups in total. The number of nitrogens with one attached hydrogen (secondary N) is 1. The molecule has 2 aromatic carbocycles. The molecule has 2 aromatic rings. The molecule has 0 aromatic heterocycles. The first-order chi connectivity index (χ1) is 9.88. The Morgan fingerprint density at radius 2 is 1.90 bits per heavy atom. The van der Waals surface area contributed by atoms with Crippen molar-refractivity contribution in [1.82, 2.24) is 0 Å². The van der Waals surface area contributed by atoms with Crippen molar-refractivity contribution in [1.29, 1.82) is 0 Å². The zero-order valence-corrected chi connectivity index (χ0v) is 14.9. The lowest BCUT2D eigenvalue weighted by Crippen LogP contribution is -2.13. The van der Waals surface area contributed by atoms with E-state index in [1.165, 1.54) is 5.56 Å². The average molecular weight is 389 g/mol. The lowest BCUT2D eigenvalue weighted by molar-refractivity contribution is 0.191. The van der Waals surface area contributed by atoms with Crippen molar-refractivity contribution >= 4 is 44.8 Å². The quantitative estimate of drug-likeness (QED) is 0.722. The van der Waals surface area contributed by atoms with E-state index in [2.05, 4.69) is 27.3 Å². The maximum atomic E-state index is 10.3. The number of hydrogen-bond donors (Lipinski definition) is 2. The van der Waals surface area contributed by atoms with Gasteiger partial charge in [-0.2, -0.15) is 0 Å². The highest BCUT2D eigenvalue weighted by molar-refractivity contribution is 9.10. The van der Waals surface area contributed by atoms with Crippen LogP contribution in [-0.2, 0) is 0 Å². The SMILES string of the molecule is Cc1cc(C)c(NCC(O)c2cc(Cl)ccc2Cl)c(Br)c1. The smallest absolute Gasteiger partial charge is 0.0977 e. The molecule has 0 heterocycles. The lowest BCUT2D eigenvalue weighted by atomic mass is 10.1. The first-order valence-corrected chi connectivity index (χ1v) is 8.07. The van der Waals surface area contributed by atoms with Crippen LogP contribution in [0, 0.1) is 13.8 Å². The van der Waals surface area contributed by atoms with E-state index in [1.54, 1.807) is 18.2 Å². The third kappa shape index (κ3) is 4.13. The second kappa shape index (κ2) is 7.01. The van der Waals surface area contributed by atoms with Gasteiger partial charge in [-0.1, -0.05) is 29.3 Å². The van der Waals surface area contributed by atoms with Gasteiger partial charge in [-0.15, -0.1) is 0 Å². The van der Waals surface area contributed by atoms with Crippen molar-refractivity contribution in [3.05, 3.63) is 61.5 Å². The molecule has 0 aliphatic heterocycles. The van der Waals surface area contributed by atoms with E-state index in [9.17, 15) is 5.11 Å². The highest BCUT2D eigenvalue weighted by atomic mass is 79.9. The number of benzene rings is 2. The minimum absolute atomic E-state index is 0.350. The summed E-state index contributed by atoms with van der Waals surface area (Å²) in [6.45, 7) is 4.42. The molecule has 2 nitrogen and oxygen atoms in total. The van der Waals surface area contributed by atoms with Crippen LogP contribution in [0.1, 0.15) is 22.8 Å². The summed E-state index contributed by atoms with van der Waals surface area (Å²) in [7, 11) is 0. The number of rotatable bonds is 4. The lowest BCUT2D eigenvalue weighted by Gasteiger charge is -2.17. The third-order valence-corrected chi connectivity index (χ3v) is 4.43. The molecular formula is C16H16BrCl2NO. The summed E-state index contributed by atoms with van der Waals surface area (Å²) in [5, 5.41) is 14.6. The molecule has 0 amide bonds. The van der Waals surface area contributed by atoms with E-state index in [1.807, 2.05) is 19.9 Å². The molecule has 1 atom stereocenters. The number of anilines is 1. The molecule has 0 aliphatic rings. The zero-order chi connectivity index (χ0) is 15.6. The van der Waals surface area contributed by atoms with Gasteiger partial charge in [-0.25, -0.2) is 0 Å². The minimum atomic E-state index is -0.733. The first-order valence-electron chi connectivity index (χ1n) is 6.52. The highest BCUT2D eigenvalue weighted by Crippen LogP contribution is 2.30. The Balaban J connectivity index is 2.15. The fourth-order valence-electron chi connectivity index (χ4n) is 2.22. The minimum Gasteiger partial charge on any atom is -0.387 e. The summed E-state index contributed by atoms with van der Waals surface area (Å²) in [5.74, 6) is 0. The molecule has 0 aliphatic carbocycles. The summed E-state index contributed by atoms with van der Waals surface area (Å²) >= 11 is 15.6. The fraction of sp³-hybridized carbons (Fsp3) is 0.250. The van der Waals surface area contributed by atoms with E-state index < -0.39 is 6.10 Å². The van der Waals surface area contributed by atoms with Crippen molar-refractivity contribution in [2.24, 2.45) is 0 Å². The molecule has 112 valence electrons. The van der Waals surface area contributed by atoms with Gasteiger partial charge in [-0.3, -0.25) is 0 Å². The van der Waals surface area contributed by atoms with Gasteiger partial charge in [0.1, 0.15) is 0 Å². The van der Waals surface area contributed by atoms with Crippen LogP contribution in [-0.4, -0.2) is 11.7 Å². The maximum absolute atomic E-state index is 10.3. The van der Waals surface area contributed by atoms with Gasteiger partial charge in [0.2, 0.25) is 0 Å². The van der Waals surface area contributed by atoms with E-state index in [0.29, 0.717) is 22.2 Å². The molecule has 1 unspecified atom stereocenters. The van der Waals surface area contributed by atoms with Crippen molar-refractivity contribution in [3.8, 4) is 0 Å². The van der Waals surface area contributed by atoms with Gasteiger partial charge < -0.3 is 10.4 Å². The largest absolute Gasteiger partial charge is 0.387 e. The van der Waals surface area contributed by atoms with Gasteiger partial charge >= 0.3 is 0 Å². The summed E-state index contributed by atoms with van der Waals surface area (Å²) in [6.07, 6.45) is -0.733. The Hall–Kier alpha value is -0.740. The van der Waals surface area contributed by atoms with Crippen LogP contribution in [0.2, 0.25) is 10.0 Å². The van der Waals surface area contributed by atoms with Crippen LogP contribution in [0.15, 0.2) is 34.8 Å². The second-order valence-corrected chi connectivity index (χ2v) is 6.70. The second-order valence-electron chi connectivity index (χ2n) is 5.00. The van der Waals surface area contributed by atoms with Crippen LogP contribution in [0.25, 0.3) is 0 Å².